The predicted molar refractivity (Wildman–Crippen MR) is 96.1 cm³/mol. The summed E-state index contributed by atoms with van der Waals surface area (Å²) in [5.41, 5.74) is 1.90. The Morgan fingerprint density at radius 2 is 2.16 bits per heavy atom. The molecule has 5 nitrogen and oxygen atoms in total. The minimum atomic E-state index is -0.241. The first-order valence-electron chi connectivity index (χ1n) is 9.12. The average Bonchev–Trinajstić information content (AvgIpc) is 3.07. The highest BCUT2D eigenvalue weighted by atomic mass is 19.1. The second-order valence-electron chi connectivity index (χ2n) is 7.27. The van der Waals surface area contributed by atoms with Gasteiger partial charge in [-0.15, -0.1) is 0 Å². The van der Waals surface area contributed by atoms with Crippen LogP contribution >= 0.6 is 0 Å². The van der Waals surface area contributed by atoms with Gasteiger partial charge in [0.05, 0.1) is 0 Å². The van der Waals surface area contributed by atoms with E-state index in [0.717, 1.165) is 42.4 Å². The van der Waals surface area contributed by atoms with E-state index in [4.69, 9.17) is 0 Å². The number of carbonyl (C=O) groups excluding carboxylic acids is 1. The van der Waals surface area contributed by atoms with Gasteiger partial charge >= 0.3 is 6.03 Å². The number of hydrogen-bond acceptors (Lipinski definition) is 2. The molecule has 2 bridgehead atoms. The van der Waals surface area contributed by atoms with E-state index in [-0.39, 0.29) is 11.8 Å². The fraction of sp³-hybridized carbons (Fsp3) is 0.526. The number of nitrogens with one attached hydrogen (secondary N) is 2. The van der Waals surface area contributed by atoms with Gasteiger partial charge in [-0.1, -0.05) is 0 Å². The van der Waals surface area contributed by atoms with E-state index in [2.05, 4.69) is 22.2 Å². The van der Waals surface area contributed by atoms with Crippen LogP contribution in [0, 0.1) is 5.82 Å². The molecule has 2 aromatic rings. The van der Waals surface area contributed by atoms with Gasteiger partial charge in [0.1, 0.15) is 5.82 Å². The Balaban J connectivity index is 1.33. The number of likely N-dealkylation sites (tertiary alicyclic amines) is 1. The largest absolute Gasteiger partial charge is 0.361 e. The van der Waals surface area contributed by atoms with Crippen LogP contribution in [0.15, 0.2) is 24.4 Å². The molecular weight excluding hydrogens is 319 g/mol. The lowest BCUT2D eigenvalue weighted by atomic mass is 10.1. The number of H-pyrrole nitrogens is 1. The summed E-state index contributed by atoms with van der Waals surface area (Å²) in [6, 6.07) is 5.93. The summed E-state index contributed by atoms with van der Waals surface area (Å²) in [5, 5.41) is 4.07. The molecule has 2 aliphatic rings. The highest BCUT2D eigenvalue weighted by molar-refractivity contribution is 5.83. The van der Waals surface area contributed by atoms with E-state index < -0.39 is 0 Å². The Hall–Kier alpha value is -2.08. The molecule has 2 aliphatic heterocycles. The number of likely N-dealkylation sites (N-methyl/N-ethyl adjacent to an activating group) is 1. The maximum atomic E-state index is 13.2. The molecule has 2 unspecified atom stereocenters. The monoisotopic (exact) mass is 344 g/mol. The molecule has 2 saturated heterocycles. The van der Waals surface area contributed by atoms with Crippen molar-refractivity contribution in [2.45, 2.75) is 37.8 Å². The minimum Gasteiger partial charge on any atom is -0.361 e. The highest BCUT2D eigenvalue weighted by Crippen LogP contribution is 2.28. The van der Waals surface area contributed by atoms with E-state index in [9.17, 15) is 9.18 Å². The lowest BCUT2D eigenvalue weighted by Gasteiger charge is -2.26. The number of carbonyl (C=O) groups is 1. The molecule has 25 heavy (non-hydrogen) atoms. The van der Waals surface area contributed by atoms with Crippen molar-refractivity contribution >= 4 is 16.9 Å². The third-order valence-electron chi connectivity index (χ3n) is 5.84. The number of rotatable bonds is 3. The topological polar surface area (TPSA) is 51.4 Å². The Bertz CT molecular complexity index is 774. The van der Waals surface area contributed by atoms with Crippen molar-refractivity contribution in [2.75, 3.05) is 26.7 Å². The summed E-state index contributed by atoms with van der Waals surface area (Å²) in [6.07, 6.45) is 6.15. The van der Waals surface area contributed by atoms with Crippen LogP contribution in [-0.4, -0.2) is 59.6 Å². The molecule has 6 heteroatoms. The van der Waals surface area contributed by atoms with Crippen LogP contribution in [0.1, 0.15) is 24.8 Å². The van der Waals surface area contributed by atoms with Crippen molar-refractivity contribution in [3.63, 3.8) is 0 Å². The maximum Gasteiger partial charge on any atom is 0.317 e. The van der Waals surface area contributed by atoms with Gasteiger partial charge in [-0.05, 0) is 56.5 Å². The normalized spacial score (nSPS) is 23.8. The number of aromatic nitrogens is 1. The Labute approximate surface area is 147 Å². The zero-order valence-electron chi connectivity index (χ0n) is 14.6. The van der Waals surface area contributed by atoms with Gasteiger partial charge in [0.2, 0.25) is 0 Å². The van der Waals surface area contributed by atoms with Crippen LogP contribution in [0.5, 0.6) is 0 Å². The molecule has 0 spiro atoms. The molecule has 4 rings (SSSR count). The van der Waals surface area contributed by atoms with Crippen LogP contribution in [0.2, 0.25) is 0 Å². The first-order valence-corrected chi connectivity index (χ1v) is 9.12. The zero-order valence-corrected chi connectivity index (χ0v) is 14.6. The number of amides is 2. The van der Waals surface area contributed by atoms with E-state index in [1.54, 1.807) is 6.07 Å². The van der Waals surface area contributed by atoms with Gasteiger partial charge in [0.25, 0.3) is 0 Å². The van der Waals surface area contributed by atoms with Gasteiger partial charge < -0.3 is 15.2 Å². The first kappa shape index (κ1) is 16.4. The van der Waals surface area contributed by atoms with Gasteiger partial charge in [0, 0.05) is 48.8 Å². The van der Waals surface area contributed by atoms with Gasteiger partial charge in [0.15, 0.2) is 0 Å². The Kier molecular flexibility index (Phi) is 4.37. The Morgan fingerprint density at radius 3 is 3.04 bits per heavy atom. The standard InChI is InChI=1S/C19H25FN4O/c1-23-15-3-4-16(23)12-24(9-7-15)19(25)21-8-6-13-11-22-18-10-14(20)2-5-17(13)18/h2,5,10-11,15-16,22H,3-4,6-9,12H2,1H3,(H,21,25). The van der Waals surface area contributed by atoms with Crippen molar-refractivity contribution < 1.29 is 9.18 Å². The zero-order chi connectivity index (χ0) is 17.4. The summed E-state index contributed by atoms with van der Waals surface area (Å²) in [4.78, 5) is 20.0. The maximum absolute atomic E-state index is 13.2. The van der Waals surface area contributed by atoms with Crippen LogP contribution in [-0.2, 0) is 6.42 Å². The third-order valence-corrected chi connectivity index (χ3v) is 5.84. The first-order chi connectivity index (χ1) is 12.1. The molecular formula is C19H25FN4O. The molecule has 0 radical (unpaired) electrons. The van der Waals surface area contributed by atoms with Crippen molar-refractivity contribution in [3.05, 3.63) is 35.8 Å². The summed E-state index contributed by atoms with van der Waals surface area (Å²) >= 11 is 0. The fourth-order valence-corrected chi connectivity index (χ4v) is 4.27. The third kappa shape index (κ3) is 3.23. The van der Waals surface area contributed by atoms with Crippen molar-refractivity contribution in [2.24, 2.45) is 0 Å². The van der Waals surface area contributed by atoms with Gasteiger partial charge in [-0.2, -0.15) is 0 Å². The second-order valence-corrected chi connectivity index (χ2v) is 7.27. The fourth-order valence-electron chi connectivity index (χ4n) is 4.27. The molecule has 1 aromatic heterocycles. The molecule has 3 heterocycles. The molecule has 1 aromatic carbocycles. The molecule has 2 fully saturated rings. The van der Waals surface area contributed by atoms with E-state index in [1.165, 1.54) is 25.0 Å². The quantitative estimate of drug-likeness (QED) is 0.899. The summed E-state index contributed by atoms with van der Waals surface area (Å²) in [7, 11) is 2.18. The van der Waals surface area contributed by atoms with Crippen molar-refractivity contribution in [1.29, 1.82) is 0 Å². The smallest absolute Gasteiger partial charge is 0.317 e. The summed E-state index contributed by atoms with van der Waals surface area (Å²) in [6.45, 7) is 2.25. The van der Waals surface area contributed by atoms with E-state index in [0.29, 0.717) is 18.6 Å². The predicted octanol–water partition coefficient (Wildman–Crippen LogP) is 2.73. The number of aromatic amines is 1. The molecule has 0 aliphatic carbocycles. The molecule has 0 saturated carbocycles. The second kappa shape index (κ2) is 6.67. The number of urea groups is 1. The molecule has 2 N–H and O–H groups in total. The van der Waals surface area contributed by atoms with Crippen LogP contribution in [0.25, 0.3) is 10.9 Å². The van der Waals surface area contributed by atoms with Gasteiger partial charge in [-0.3, -0.25) is 4.90 Å². The van der Waals surface area contributed by atoms with Crippen LogP contribution in [0.3, 0.4) is 0 Å². The molecule has 2 atom stereocenters. The molecule has 134 valence electrons. The summed E-state index contributed by atoms with van der Waals surface area (Å²) in [5.74, 6) is -0.241. The highest BCUT2D eigenvalue weighted by Gasteiger charge is 2.35. The number of fused-ring (bicyclic) bond motifs is 3. The lowest BCUT2D eigenvalue weighted by Crippen LogP contribution is -2.45. The molecule has 2 amide bonds. The number of hydrogen-bond donors (Lipinski definition) is 2. The SMILES string of the molecule is CN1C2CCC1CN(C(=O)NCCc1c[nH]c3cc(F)ccc13)CC2. The number of halogens is 1. The summed E-state index contributed by atoms with van der Waals surface area (Å²) < 4.78 is 13.2. The van der Waals surface area contributed by atoms with Crippen molar-refractivity contribution in [1.82, 2.24) is 20.1 Å². The number of benzene rings is 1. The average molecular weight is 344 g/mol. The van der Waals surface area contributed by atoms with E-state index >= 15 is 0 Å². The minimum absolute atomic E-state index is 0.0341. The van der Waals surface area contributed by atoms with Crippen LogP contribution < -0.4 is 5.32 Å². The Morgan fingerprint density at radius 1 is 1.32 bits per heavy atom. The van der Waals surface area contributed by atoms with E-state index in [1.807, 2.05) is 11.1 Å². The number of nitrogens with zero attached hydrogens (tertiary/aromatic N) is 2. The van der Waals surface area contributed by atoms with Gasteiger partial charge in [-0.25, -0.2) is 9.18 Å². The van der Waals surface area contributed by atoms with Crippen LogP contribution in [0.4, 0.5) is 9.18 Å². The lowest BCUT2D eigenvalue weighted by molar-refractivity contribution is 0.188. The van der Waals surface area contributed by atoms with Crippen molar-refractivity contribution in [3.8, 4) is 0 Å².